The molecule has 0 aliphatic rings. The van der Waals surface area contributed by atoms with Crippen molar-refractivity contribution < 1.29 is 9.21 Å². The van der Waals surface area contributed by atoms with Crippen molar-refractivity contribution in [3.8, 4) is 0 Å². The Bertz CT molecular complexity index is 1040. The fraction of sp³-hybridized carbons (Fsp3) is 0.0625. The highest BCUT2D eigenvalue weighted by molar-refractivity contribution is 7.99. The van der Waals surface area contributed by atoms with Crippen molar-refractivity contribution in [2.75, 3.05) is 5.75 Å². The summed E-state index contributed by atoms with van der Waals surface area (Å²) in [7, 11) is 0. The summed E-state index contributed by atoms with van der Waals surface area (Å²) < 4.78 is 7.25. The number of hydrogen-bond acceptors (Lipinski definition) is 5. The Kier molecular flexibility index (Phi) is 3.96. The van der Waals surface area contributed by atoms with Crippen LogP contribution in [0.3, 0.4) is 0 Å². The molecule has 0 aliphatic heterocycles. The molecule has 4 aromatic rings. The van der Waals surface area contributed by atoms with E-state index in [4.69, 9.17) is 27.6 Å². The Labute approximate surface area is 150 Å². The van der Waals surface area contributed by atoms with Gasteiger partial charge in [-0.05, 0) is 18.2 Å². The number of fused-ring (bicyclic) bond motifs is 2. The summed E-state index contributed by atoms with van der Waals surface area (Å²) in [5, 5.41) is 10.4. The molecule has 24 heavy (non-hydrogen) atoms. The third-order valence-electron chi connectivity index (χ3n) is 3.43. The second kappa shape index (κ2) is 6.12. The first kappa shape index (κ1) is 15.5. The van der Waals surface area contributed by atoms with Gasteiger partial charge in [-0.1, -0.05) is 53.2 Å². The Hall–Kier alpha value is -2.02. The van der Waals surface area contributed by atoms with E-state index >= 15 is 0 Å². The van der Waals surface area contributed by atoms with E-state index in [-0.39, 0.29) is 11.5 Å². The number of carbonyl (C=O) groups is 1. The molecule has 3 heterocycles. The minimum Gasteiger partial charge on any atom is -0.453 e. The number of furan rings is 1. The van der Waals surface area contributed by atoms with Gasteiger partial charge in [0.2, 0.25) is 5.78 Å². The van der Waals surface area contributed by atoms with Crippen LogP contribution in [0.15, 0.2) is 52.2 Å². The van der Waals surface area contributed by atoms with Crippen molar-refractivity contribution >= 4 is 57.4 Å². The predicted molar refractivity (Wildman–Crippen MR) is 94.3 cm³/mol. The number of aromatic nitrogens is 3. The van der Waals surface area contributed by atoms with Crippen LogP contribution < -0.4 is 0 Å². The Morgan fingerprint density at radius 2 is 2.04 bits per heavy atom. The van der Waals surface area contributed by atoms with Crippen molar-refractivity contribution in [2.24, 2.45) is 0 Å². The topological polar surface area (TPSA) is 60.4 Å². The zero-order valence-electron chi connectivity index (χ0n) is 12.1. The molecule has 0 unspecified atom stereocenters. The van der Waals surface area contributed by atoms with E-state index in [2.05, 4.69) is 10.2 Å². The van der Waals surface area contributed by atoms with Crippen molar-refractivity contribution in [1.82, 2.24) is 14.6 Å². The zero-order chi connectivity index (χ0) is 16.7. The second-order valence-corrected chi connectivity index (χ2v) is 6.83. The summed E-state index contributed by atoms with van der Waals surface area (Å²) in [6.45, 7) is 0. The summed E-state index contributed by atoms with van der Waals surface area (Å²) >= 11 is 13.3. The number of ketones is 1. The van der Waals surface area contributed by atoms with Gasteiger partial charge in [0.15, 0.2) is 16.6 Å². The van der Waals surface area contributed by atoms with Crippen molar-refractivity contribution in [2.45, 2.75) is 5.16 Å². The van der Waals surface area contributed by atoms with Crippen LogP contribution in [0.5, 0.6) is 0 Å². The molecule has 0 saturated carbocycles. The molecule has 8 heteroatoms. The number of thioether (sulfide) groups is 1. The normalized spacial score (nSPS) is 11.4. The number of nitrogens with zero attached hydrogens (tertiary/aromatic N) is 3. The van der Waals surface area contributed by atoms with Crippen molar-refractivity contribution in [3.63, 3.8) is 0 Å². The van der Waals surface area contributed by atoms with Gasteiger partial charge in [-0.2, -0.15) is 0 Å². The maximum Gasteiger partial charge on any atom is 0.208 e. The molecule has 0 atom stereocenters. The molecular weight excluding hydrogens is 369 g/mol. The average Bonchev–Trinajstić information content (AvgIpc) is 3.16. The van der Waals surface area contributed by atoms with Crippen LogP contribution in [0.4, 0.5) is 0 Å². The molecule has 0 amide bonds. The van der Waals surface area contributed by atoms with E-state index < -0.39 is 0 Å². The Morgan fingerprint density at radius 1 is 1.21 bits per heavy atom. The lowest BCUT2D eigenvalue weighted by Gasteiger charge is -2.00. The van der Waals surface area contributed by atoms with Crippen LogP contribution in [-0.4, -0.2) is 26.1 Å². The molecule has 0 N–H and O–H groups in total. The maximum absolute atomic E-state index is 12.4. The number of hydrogen-bond donors (Lipinski definition) is 0. The lowest BCUT2D eigenvalue weighted by molar-refractivity contribution is 0.0994. The fourth-order valence-corrected chi connectivity index (χ4v) is 3.61. The molecule has 5 nitrogen and oxygen atoms in total. The monoisotopic (exact) mass is 377 g/mol. The number of para-hydroxylation sites is 1. The highest BCUT2D eigenvalue weighted by Crippen LogP contribution is 2.26. The van der Waals surface area contributed by atoms with Crippen LogP contribution in [0.25, 0.3) is 16.6 Å². The van der Waals surface area contributed by atoms with E-state index in [1.54, 1.807) is 22.7 Å². The number of carbonyl (C=O) groups excluding carboxylic acids is 1. The number of halogens is 2. The van der Waals surface area contributed by atoms with Gasteiger partial charge < -0.3 is 4.42 Å². The Morgan fingerprint density at radius 3 is 2.88 bits per heavy atom. The molecule has 0 radical (unpaired) electrons. The first-order valence-corrected chi connectivity index (χ1v) is 8.70. The Balaban J connectivity index is 1.57. The van der Waals surface area contributed by atoms with Crippen LogP contribution in [-0.2, 0) is 0 Å². The molecule has 120 valence electrons. The van der Waals surface area contributed by atoms with Crippen LogP contribution in [0.1, 0.15) is 10.6 Å². The van der Waals surface area contributed by atoms with Crippen LogP contribution in [0, 0.1) is 0 Å². The minimum absolute atomic E-state index is 0.124. The molecule has 0 bridgehead atoms. The van der Waals surface area contributed by atoms with E-state index in [9.17, 15) is 4.79 Å². The standard InChI is InChI=1S/C16H9Cl2N3O2S/c17-10-6-11(18)15-19-20-16(21(15)7-10)24-8-12(22)14-5-9-3-1-2-4-13(9)23-14/h1-7H,8H2. The molecule has 4 rings (SSSR count). The van der Waals surface area contributed by atoms with E-state index in [1.165, 1.54) is 11.8 Å². The van der Waals surface area contributed by atoms with Crippen LogP contribution in [0.2, 0.25) is 10.0 Å². The van der Waals surface area contributed by atoms with Crippen LogP contribution >= 0.6 is 35.0 Å². The predicted octanol–water partition coefficient (Wildman–Crippen LogP) is 4.76. The summed E-state index contributed by atoms with van der Waals surface area (Å²) in [5.41, 5.74) is 1.19. The van der Waals surface area contributed by atoms with Gasteiger partial charge in [0.05, 0.1) is 15.8 Å². The zero-order valence-corrected chi connectivity index (χ0v) is 14.4. The van der Waals surface area contributed by atoms with Gasteiger partial charge in [0.1, 0.15) is 5.58 Å². The summed E-state index contributed by atoms with van der Waals surface area (Å²) in [6, 6.07) is 10.8. The quantitative estimate of drug-likeness (QED) is 0.379. The molecule has 0 aliphatic carbocycles. The summed E-state index contributed by atoms with van der Waals surface area (Å²) in [4.78, 5) is 12.4. The third-order valence-corrected chi connectivity index (χ3v) is 4.86. The highest BCUT2D eigenvalue weighted by Gasteiger charge is 2.16. The molecule has 1 aromatic carbocycles. The van der Waals surface area contributed by atoms with Crippen molar-refractivity contribution in [1.29, 1.82) is 0 Å². The van der Waals surface area contributed by atoms with Gasteiger partial charge in [-0.15, -0.1) is 10.2 Å². The SMILES string of the molecule is O=C(CSc1nnc2c(Cl)cc(Cl)cn12)c1cc2ccccc2o1. The smallest absolute Gasteiger partial charge is 0.208 e. The molecule has 0 fully saturated rings. The summed E-state index contributed by atoms with van der Waals surface area (Å²) in [5.74, 6) is 0.375. The third kappa shape index (κ3) is 2.77. The summed E-state index contributed by atoms with van der Waals surface area (Å²) in [6.07, 6.45) is 1.66. The first-order valence-electron chi connectivity index (χ1n) is 6.96. The largest absolute Gasteiger partial charge is 0.453 e. The highest BCUT2D eigenvalue weighted by atomic mass is 35.5. The number of rotatable bonds is 4. The minimum atomic E-state index is -0.124. The van der Waals surface area contributed by atoms with E-state index in [1.807, 2.05) is 24.3 Å². The number of Topliss-reactive ketones (excluding diaryl/α,β-unsaturated/α-hetero) is 1. The van der Waals surface area contributed by atoms with Gasteiger partial charge in [0, 0.05) is 11.6 Å². The average molecular weight is 378 g/mol. The van der Waals surface area contributed by atoms with Gasteiger partial charge >= 0.3 is 0 Å². The van der Waals surface area contributed by atoms with Gasteiger partial charge in [-0.3, -0.25) is 9.20 Å². The lowest BCUT2D eigenvalue weighted by atomic mass is 10.2. The lowest BCUT2D eigenvalue weighted by Crippen LogP contribution is -2.01. The van der Waals surface area contributed by atoms with Gasteiger partial charge in [0.25, 0.3) is 0 Å². The fourth-order valence-electron chi connectivity index (χ4n) is 2.32. The number of pyridine rings is 1. The molecule has 0 saturated heterocycles. The van der Waals surface area contributed by atoms with Crippen molar-refractivity contribution in [3.05, 3.63) is 58.4 Å². The maximum atomic E-state index is 12.4. The van der Waals surface area contributed by atoms with E-state index in [0.29, 0.717) is 32.2 Å². The first-order chi connectivity index (χ1) is 11.6. The van der Waals surface area contributed by atoms with E-state index in [0.717, 1.165) is 5.39 Å². The molecule has 3 aromatic heterocycles. The second-order valence-electron chi connectivity index (χ2n) is 5.04. The molecule has 0 spiro atoms. The number of benzene rings is 1. The molecular formula is C16H9Cl2N3O2S. The van der Waals surface area contributed by atoms with Gasteiger partial charge in [-0.25, -0.2) is 0 Å².